The molecule has 0 aromatic heterocycles. The molecule has 1 aliphatic carbocycles. The van der Waals surface area contributed by atoms with Crippen LogP contribution in [0.1, 0.15) is 37.7 Å². The Balaban J connectivity index is 0.00000280. The summed E-state index contributed by atoms with van der Waals surface area (Å²) in [4.78, 5) is 36.0. The molecule has 0 unspecified atom stereocenters. The quantitative estimate of drug-likeness (QED) is 0.376. The van der Waals surface area contributed by atoms with E-state index in [1.165, 1.54) is 19.3 Å². The Morgan fingerprint density at radius 1 is 1.07 bits per heavy atom. The third kappa shape index (κ3) is 6.58. The summed E-state index contributed by atoms with van der Waals surface area (Å²) < 4.78 is 0. The van der Waals surface area contributed by atoms with Crippen LogP contribution in [-0.4, -0.2) is 77.1 Å². The molecule has 4 N–H and O–H groups in total. The monoisotopic (exact) mass is 396 g/mol. The van der Waals surface area contributed by atoms with Crippen LogP contribution in [-0.2, 0) is 20.8 Å². The first-order chi connectivity index (χ1) is 13.0. The predicted molar refractivity (Wildman–Crippen MR) is 106 cm³/mol. The van der Waals surface area contributed by atoms with Crippen molar-refractivity contribution in [2.75, 3.05) is 6.54 Å². The fourth-order valence-electron chi connectivity index (χ4n) is 3.66. The maximum Gasteiger partial charge on any atom is 0.322 e. The van der Waals surface area contributed by atoms with Gasteiger partial charge in [-0.1, -0.05) is 49.6 Å². The number of benzene rings is 1. The number of hydrogen-bond acceptors (Lipinski definition) is 4. The minimum atomic E-state index is -1.06. The van der Waals surface area contributed by atoms with Crippen LogP contribution in [0.4, 0.5) is 0 Å². The molecule has 1 radical (unpaired) electrons. The molecule has 1 heterocycles. The summed E-state index contributed by atoms with van der Waals surface area (Å²) in [6.45, 7) is 0.624. The second kappa shape index (κ2) is 11.0. The summed E-state index contributed by atoms with van der Waals surface area (Å²) in [6.07, 6.45) is 6.29. The third-order valence-electron chi connectivity index (χ3n) is 5.34. The smallest absolute Gasteiger partial charge is 0.322 e. The Kier molecular flexibility index (Phi) is 8.95. The number of carbonyl (C=O) groups excluding carboxylic acids is 2. The first-order valence-electron chi connectivity index (χ1n) is 9.65. The first kappa shape index (κ1) is 22.9. The standard InChI is InChI=1S/C20H27N3O4.Na/c24-18(21-12-14-9-5-2-6-10-14)15(11-13-7-3-1-4-8-13)22-19(25)16-17(23-16)20(26)27;/h1,3-4,7-8,14-17,23H,2,5-6,9-12H2,(H,21,24)(H,22,25)(H,26,27);/t15-,16-,17-;/m0./s1. The van der Waals surface area contributed by atoms with Gasteiger partial charge < -0.3 is 15.7 Å². The normalized spacial score (nSPS) is 22.4. The molecule has 2 fully saturated rings. The van der Waals surface area contributed by atoms with E-state index in [1.54, 1.807) is 0 Å². The van der Waals surface area contributed by atoms with Gasteiger partial charge >= 0.3 is 5.97 Å². The van der Waals surface area contributed by atoms with Gasteiger partial charge in [0.1, 0.15) is 18.1 Å². The van der Waals surface area contributed by atoms with E-state index >= 15 is 0 Å². The van der Waals surface area contributed by atoms with E-state index < -0.39 is 30.0 Å². The SMILES string of the molecule is O=C(NCC1CCCCC1)[C@H](Cc1ccccc1)NC(=O)[C@H]1N[C@@H]1C(=O)O.[Na]. The van der Waals surface area contributed by atoms with Gasteiger partial charge in [-0.25, -0.2) is 0 Å². The van der Waals surface area contributed by atoms with E-state index in [2.05, 4.69) is 16.0 Å². The van der Waals surface area contributed by atoms with Crippen molar-refractivity contribution in [2.45, 2.75) is 56.7 Å². The molecular formula is C20H27N3NaO4. The maximum atomic E-state index is 12.7. The van der Waals surface area contributed by atoms with Gasteiger partial charge in [-0.05, 0) is 24.3 Å². The van der Waals surface area contributed by atoms with Crippen molar-refractivity contribution in [3.8, 4) is 0 Å². The molecule has 1 saturated carbocycles. The zero-order valence-electron chi connectivity index (χ0n) is 16.3. The van der Waals surface area contributed by atoms with Crippen LogP contribution in [0.15, 0.2) is 30.3 Å². The second-order valence-corrected chi connectivity index (χ2v) is 7.46. The topological polar surface area (TPSA) is 117 Å². The average Bonchev–Trinajstić information content (AvgIpc) is 3.48. The fraction of sp³-hybridized carbons (Fsp3) is 0.550. The van der Waals surface area contributed by atoms with Gasteiger partial charge in [0.25, 0.3) is 0 Å². The summed E-state index contributed by atoms with van der Waals surface area (Å²) in [6, 6.07) is 7.12. The fourth-order valence-corrected chi connectivity index (χ4v) is 3.66. The van der Waals surface area contributed by atoms with Crippen LogP contribution >= 0.6 is 0 Å². The van der Waals surface area contributed by atoms with Crippen molar-refractivity contribution in [1.82, 2.24) is 16.0 Å². The van der Waals surface area contributed by atoms with Gasteiger partial charge in [0, 0.05) is 42.5 Å². The first-order valence-corrected chi connectivity index (χ1v) is 9.65. The third-order valence-corrected chi connectivity index (χ3v) is 5.34. The minimum Gasteiger partial charge on any atom is -0.480 e. The van der Waals surface area contributed by atoms with Gasteiger partial charge in [-0.15, -0.1) is 0 Å². The number of hydrogen-bond donors (Lipinski definition) is 4. The van der Waals surface area contributed by atoms with Crippen molar-refractivity contribution in [3.63, 3.8) is 0 Å². The predicted octanol–water partition coefficient (Wildman–Crippen LogP) is 0.455. The largest absolute Gasteiger partial charge is 0.480 e. The molecular weight excluding hydrogens is 369 g/mol. The number of carboxylic acid groups (broad SMARTS) is 1. The molecule has 0 bridgehead atoms. The van der Waals surface area contributed by atoms with Crippen molar-refractivity contribution >= 4 is 47.3 Å². The number of carboxylic acids is 1. The summed E-state index contributed by atoms with van der Waals surface area (Å²) in [5.74, 6) is -1.23. The molecule has 1 saturated heterocycles. The van der Waals surface area contributed by atoms with Crippen molar-refractivity contribution in [3.05, 3.63) is 35.9 Å². The summed E-state index contributed by atoms with van der Waals surface area (Å²) in [5, 5.41) is 17.3. The molecule has 3 rings (SSSR count). The number of rotatable bonds is 8. The van der Waals surface area contributed by atoms with Gasteiger partial charge in [0.15, 0.2) is 0 Å². The molecule has 8 heteroatoms. The van der Waals surface area contributed by atoms with Gasteiger partial charge in [0.05, 0.1) is 0 Å². The van der Waals surface area contributed by atoms with Crippen LogP contribution in [0.25, 0.3) is 0 Å². The molecule has 147 valence electrons. The van der Waals surface area contributed by atoms with E-state index in [4.69, 9.17) is 5.11 Å². The molecule has 0 spiro atoms. The van der Waals surface area contributed by atoms with E-state index in [0.717, 1.165) is 18.4 Å². The van der Waals surface area contributed by atoms with Crippen LogP contribution in [0.5, 0.6) is 0 Å². The Labute approximate surface area is 187 Å². The molecule has 1 aliphatic heterocycles. The minimum absolute atomic E-state index is 0. The Bertz CT molecular complexity index is 679. The number of nitrogens with one attached hydrogen (secondary N) is 3. The molecule has 1 aromatic carbocycles. The van der Waals surface area contributed by atoms with E-state index in [9.17, 15) is 14.4 Å². The van der Waals surface area contributed by atoms with Gasteiger partial charge in [-0.3, -0.25) is 19.7 Å². The van der Waals surface area contributed by atoms with Crippen LogP contribution < -0.4 is 16.0 Å². The van der Waals surface area contributed by atoms with Crippen molar-refractivity contribution in [2.24, 2.45) is 5.92 Å². The second-order valence-electron chi connectivity index (χ2n) is 7.46. The molecule has 2 aliphatic rings. The van der Waals surface area contributed by atoms with Crippen LogP contribution in [0.2, 0.25) is 0 Å². The Morgan fingerprint density at radius 3 is 2.36 bits per heavy atom. The molecule has 2 amide bonds. The zero-order chi connectivity index (χ0) is 19.2. The van der Waals surface area contributed by atoms with Gasteiger partial charge in [0.2, 0.25) is 11.8 Å². The van der Waals surface area contributed by atoms with Crippen molar-refractivity contribution < 1.29 is 19.5 Å². The Morgan fingerprint density at radius 2 is 1.75 bits per heavy atom. The Hall–Kier alpha value is -1.41. The molecule has 28 heavy (non-hydrogen) atoms. The number of aliphatic carboxylic acids is 1. The summed E-state index contributed by atoms with van der Waals surface area (Å²) in [7, 11) is 0. The molecule has 3 atom stereocenters. The summed E-state index contributed by atoms with van der Waals surface area (Å²) >= 11 is 0. The zero-order valence-corrected chi connectivity index (χ0v) is 18.3. The maximum absolute atomic E-state index is 12.7. The van der Waals surface area contributed by atoms with Crippen molar-refractivity contribution in [1.29, 1.82) is 0 Å². The molecule has 1 aromatic rings. The van der Waals surface area contributed by atoms with Crippen LogP contribution in [0, 0.1) is 5.92 Å². The average molecular weight is 396 g/mol. The molecule has 7 nitrogen and oxygen atoms in total. The number of amides is 2. The van der Waals surface area contributed by atoms with E-state index in [-0.39, 0.29) is 35.5 Å². The number of carbonyl (C=O) groups is 3. The van der Waals surface area contributed by atoms with Crippen LogP contribution in [0.3, 0.4) is 0 Å². The summed E-state index contributed by atoms with van der Waals surface area (Å²) in [5.41, 5.74) is 0.939. The van der Waals surface area contributed by atoms with E-state index in [0.29, 0.717) is 18.9 Å². The van der Waals surface area contributed by atoms with E-state index in [1.807, 2.05) is 30.3 Å². The van der Waals surface area contributed by atoms with Gasteiger partial charge in [-0.2, -0.15) is 0 Å².